The molecule has 0 bridgehead atoms. The molecule has 0 fully saturated rings. The van der Waals surface area contributed by atoms with E-state index in [1.807, 2.05) is 37.3 Å². The lowest BCUT2D eigenvalue weighted by Crippen LogP contribution is -2.29. The summed E-state index contributed by atoms with van der Waals surface area (Å²) in [7, 11) is 1.75. The molecule has 0 aliphatic heterocycles. The molecule has 0 heterocycles. The fourth-order valence-corrected chi connectivity index (χ4v) is 1.19. The van der Waals surface area contributed by atoms with Gasteiger partial charge in [-0.25, -0.2) is 0 Å². The zero-order valence-corrected chi connectivity index (χ0v) is 7.49. The first-order chi connectivity index (χ1) is 5.75. The van der Waals surface area contributed by atoms with E-state index in [2.05, 4.69) is 5.32 Å². The Morgan fingerprint density at radius 3 is 2.33 bits per heavy atom. The maximum absolute atomic E-state index is 9.47. The third-order valence-electron chi connectivity index (χ3n) is 2.09. The van der Waals surface area contributed by atoms with Gasteiger partial charge in [-0.15, -0.1) is 0 Å². The van der Waals surface area contributed by atoms with E-state index >= 15 is 0 Å². The Kier molecular flexibility index (Phi) is 3.26. The fourth-order valence-electron chi connectivity index (χ4n) is 1.19. The molecule has 66 valence electrons. The second-order valence-corrected chi connectivity index (χ2v) is 2.93. The van der Waals surface area contributed by atoms with Crippen LogP contribution < -0.4 is 5.32 Å². The van der Waals surface area contributed by atoms with E-state index in [4.69, 9.17) is 0 Å². The predicted octanol–water partition coefficient (Wildman–Crippen LogP) is 1.33. The molecule has 1 aromatic rings. The van der Waals surface area contributed by atoms with Crippen LogP contribution in [0, 0.1) is 0 Å². The van der Waals surface area contributed by atoms with Gasteiger partial charge in [0.2, 0.25) is 0 Å². The Bertz CT molecular complexity index is 223. The molecule has 2 atom stereocenters. The van der Waals surface area contributed by atoms with Gasteiger partial charge in [-0.05, 0) is 12.6 Å². The largest absolute Gasteiger partial charge is 0.378 e. The fraction of sp³-hybridized carbons (Fsp3) is 0.400. The molecule has 0 spiro atoms. The topological polar surface area (TPSA) is 32.3 Å². The molecule has 0 aliphatic rings. The van der Waals surface area contributed by atoms with Gasteiger partial charge >= 0.3 is 0 Å². The highest BCUT2D eigenvalue weighted by Crippen LogP contribution is 2.16. The Morgan fingerprint density at radius 1 is 1.25 bits per heavy atom. The lowest BCUT2D eigenvalue weighted by molar-refractivity contribution is 0.122. The van der Waals surface area contributed by atoms with Crippen molar-refractivity contribution in [3.8, 4) is 0 Å². The van der Waals surface area contributed by atoms with Crippen LogP contribution in [-0.4, -0.2) is 18.4 Å². The number of likely N-dealkylation sites (N-methyl/N-ethyl adjacent to an activating group) is 1. The van der Waals surface area contributed by atoms with Gasteiger partial charge in [0.05, 0.1) is 0 Å². The summed E-state index contributed by atoms with van der Waals surface area (Å²) in [5, 5.41) is 12.3. The Morgan fingerprint density at radius 2 is 1.83 bits per heavy atom. The average Bonchev–Trinajstić information content (AvgIpc) is 2.17. The summed E-state index contributed by atoms with van der Waals surface area (Å²) in [6, 6.07) is 9.97. The van der Waals surface area contributed by atoms with Gasteiger partial charge in [-0.2, -0.15) is 0 Å². The van der Waals surface area contributed by atoms with E-state index in [1.165, 1.54) is 0 Å². The Balaban J connectivity index is 2.71. The lowest BCUT2D eigenvalue weighted by Gasteiger charge is -2.17. The normalized spacial score (nSPS) is 15.6. The van der Waals surface area contributed by atoms with Crippen molar-refractivity contribution in [2.45, 2.75) is 19.1 Å². The molecule has 2 N–H and O–H groups in total. The number of aliphatic hydroxyl groups is 1. The second-order valence-electron chi connectivity index (χ2n) is 2.93. The highest BCUT2D eigenvalue weighted by molar-refractivity contribution is 5.19. The standard InChI is InChI=1S/C10H15NO/c1-8(10(12)11-2)9-6-4-3-5-7-9/h3-8,10-12H,1-2H3/t8-,10?/m0/s1. The molecule has 0 saturated carbocycles. The highest BCUT2D eigenvalue weighted by atomic mass is 16.3. The molecular formula is C10H15NO. The van der Waals surface area contributed by atoms with Crippen LogP contribution in [0.2, 0.25) is 0 Å². The average molecular weight is 165 g/mol. The van der Waals surface area contributed by atoms with Crippen molar-refractivity contribution in [1.82, 2.24) is 5.32 Å². The number of aliphatic hydroxyl groups excluding tert-OH is 1. The van der Waals surface area contributed by atoms with Crippen molar-refractivity contribution in [3.63, 3.8) is 0 Å². The van der Waals surface area contributed by atoms with E-state index < -0.39 is 6.23 Å². The molecular weight excluding hydrogens is 150 g/mol. The molecule has 2 heteroatoms. The number of rotatable bonds is 3. The van der Waals surface area contributed by atoms with Crippen LogP contribution in [0.5, 0.6) is 0 Å². The number of hydrogen-bond acceptors (Lipinski definition) is 2. The first-order valence-electron chi connectivity index (χ1n) is 4.16. The van der Waals surface area contributed by atoms with E-state index in [0.717, 1.165) is 5.56 Å². The minimum Gasteiger partial charge on any atom is -0.378 e. The summed E-state index contributed by atoms with van der Waals surface area (Å²) >= 11 is 0. The quantitative estimate of drug-likeness (QED) is 0.662. The first kappa shape index (κ1) is 9.23. The molecule has 0 aromatic heterocycles. The second kappa shape index (κ2) is 4.24. The van der Waals surface area contributed by atoms with Gasteiger partial charge in [-0.1, -0.05) is 37.3 Å². The number of nitrogens with one attached hydrogen (secondary N) is 1. The van der Waals surface area contributed by atoms with Crippen molar-refractivity contribution < 1.29 is 5.11 Å². The summed E-state index contributed by atoms with van der Waals surface area (Å²) in [5.74, 6) is 0.135. The molecule has 2 nitrogen and oxygen atoms in total. The van der Waals surface area contributed by atoms with Crippen LogP contribution in [-0.2, 0) is 0 Å². The molecule has 0 aliphatic carbocycles. The Labute approximate surface area is 73.2 Å². The van der Waals surface area contributed by atoms with Gasteiger partial charge in [0, 0.05) is 5.92 Å². The van der Waals surface area contributed by atoms with Gasteiger partial charge in [0.25, 0.3) is 0 Å². The molecule has 0 radical (unpaired) electrons. The van der Waals surface area contributed by atoms with Gasteiger partial charge in [0.15, 0.2) is 0 Å². The molecule has 0 amide bonds. The third-order valence-corrected chi connectivity index (χ3v) is 2.09. The van der Waals surface area contributed by atoms with Gasteiger partial charge < -0.3 is 5.11 Å². The molecule has 1 aromatic carbocycles. The SMILES string of the molecule is CNC(O)[C@@H](C)c1ccccc1. The van der Waals surface area contributed by atoms with Crippen LogP contribution in [0.25, 0.3) is 0 Å². The Hall–Kier alpha value is -0.860. The van der Waals surface area contributed by atoms with E-state index in [9.17, 15) is 5.11 Å². The number of benzene rings is 1. The van der Waals surface area contributed by atoms with Gasteiger partial charge in [-0.3, -0.25) is 5.32 Å². The minimum absolute atomic E-state index is 0.135. The highest BCUT2D eigenvalue weighted by Gasteiger charge is 2.12. The summed E-state index contributed by atoms with van der Waals surface area (Å²) in [6.45, 7) is 2.00. The van der Waals surface area contributed by atoms with Crippen molar-refractivity contribution in [1.29, 1.82) is 0 Å². The zero-order chi connectivity index (χ0) is 8.97. The molecule has 0 saturated heterocycles. The molecule has 12 heavy (non-hydrogen) atoms. The third kappa shape index (κ3) is 2.06. The summed E-state index contributed by atoms with van der Waals surface area (Å²) in [6.07, 6.45) is -0.465. The van der Waals surface area contributed by atoms with Crippen molar-refractivity contribution in [3.05, 3.63) is 35.9 Å². The van der Waals surface area contributed by atoms with E-state index in [0.29, 0.717) is 0 Å². The first-order valence-corrected chi connectivity index (χ1v) is 4.16. The maximum atomic E-state index is 9.47. The summed E-state index contributed by atoms with van der Waals surface area (Å²) < 4.78 is 0. The van der Waals surface area contributed by atoms with Crippen LogP contribution in [0.3, 0.4) is 0 Å². The maximum Gasteiger partial charge on any atom is 0.111 e. The number of hydrogen-bond donors (Lipinski definition) is 2. The zero-order valence-electron chi connectivity index (χ0n) is 7.49. The monoisotopic (exact) mass is 165 g/mol. The van der Waals surface area contributed by atoms with E-state index in [-0.39, 0.29) is 5.92 Å². The molecule has 1 unspecified atom stereocenters. The lowest BCUT2D eigenvalue weighted by atomic mass is 10.00. The van der Waals surface area contributed by atoms with Crippen LogP contribution in [0.1, 0.15) is 18.4 Å². The van der Waals surface area contributed by atoms with Crippen LogP contribution in [0.15, 0.2) is 30.3 Å². The van der Waals surface area contributed by atoms with Crippen molar-refractivity contribution in [2.24, 2.45) is 0 Å². The minimum atomic E-state index is -0.465. The smallest absolute Gasteiger partial charge is 0.111 e. The summed E-state index contributed by atoms with van der Waals surface area (Å²) in [5.41, 5.74) is 1.15. The van der Waals surface area contributed by atoms with Crippen LogP contribution in [0.4, 0.5) is 0 Å². The molecule has 1 rings (SSSR count). The van der Waals surface area contributed by atoms with Crippen LogP contribution >= 0.6 is 0 Å². The summed E-state index contributed by atoms with van der Waals surface area (Å²) in [4.78, 5) is 0. The van der Waals surface area contributed by atoms with E-state index in [1.54, 1.807) is 7.05 Å². The van der Waals surface area contributed by atoms with Crippen molar-refractivity contribution >= 4 is 0 Å². The van der Waals surface area contributed by atoms with Gasteiger partial charge in [0.1, 0.15) is 6.23 Å². The van der Waals surface area contributed by atoms with Crippen molar-refractivity contribution in [2.75, 3.05) is 7.05 Å². The predicted molar refractivity (Wildman–Crippen MR) is 49.9 cm³/mol.